The number of aliphatic hydroxyl groups excluding tert-OH is 1. The molecule has 0 saturated carbocycles. The zero-order chi connectivity index (χ0) is 15.1. The van der Waals surface area contributed by atoms with E-state index >= 15 is 0 Å². The van der Waals surface area contributed by atoms with Crippen LogP contribution in [0.1, 0.15) is 30.9 Å². The Morgan fingerprint density at radius 1 is 1.19 bits per heavy atom. The average molecular weight is 283 g/mol. The Morgan fingerprint density at radius 3 is 2.62 bits per heavy atom. The number of aliphatic hydroxyl groups is 1. The normalized spacial score (nSPS) is 11.9. The van der Waals surface area contributed by atoms with Crippen LogP contribution in [0.15, 0.2) is 18.2 Å². The van der Waals surface area contributed by atoms with Gasteiger partial charge in [0.1, 0.15) is 17.9 Å². The van der Waals surface area contributed by atoms with Crippen molar-refractivity contribution in [3.63, 3.8) is 0 Å². The molecule has 0 amide bonds. The van der Waals surface area contributed by atoms with E-state index in [1.54, 1.807) is 0 Å². The summed E-state index contributed by atoms with van der Waals surface area (Å²) < 4.78 is 2.16. The van der Waals surface area contributed by atoms with Crippen molar-refractivity contribution in [2.75, 3.05) is 0 Å². The molecule has 0 unspecified atom stereocenters. The lowest BCUT2D eigenvalue weighted by atomic mass is 10.1. The van der Waals surface area contributed by atoms with Crippen molar-refractivity contribution in [3.05, 3.63) is 35.3 Å². The van der Waals surface area contributed by atoms with Crippen LogP contribution >= 0.6 is 0 Å². The van der Waals surface area contributed by atoms with Crippen LogP contribution in [0.3, 0.4) is 0 Å². The van der Waals surface area contributed by atoms with Crippen molar-refractivity contribution >= 4 is 21.9 Å². The van der Waals surface area contributed by atoms with Crippen LogP contribution in [0.4, 0.5) is 0 Å². The molecule has 2 aromatic heterocycles. The smallest absolute Gasteiger partial charge is 0.135 e. The van der Waals surface area contributed by atoms with Crippen LogP contribution in [-0.4, -0.2) is 19.6 Å². The topological polar surface area (TPSA) is 50.9 Å². The summed E-state index contributed by atoms with van der Waals surface area (Å²) >= 11 is 0. The van der Waals surface area contributed by atoms with Gasteiger partial charge in [0.15, 0.2) is 0 Å². The summed E-state index contributed by atoms with van der Waals surface area (Å²) in [6.07, 6.45) is 0. The summed E-state index contributed by atoms with van der Waals surface area (Å²) in [6.45, 7) is 9.24. The first-order chi connectivity index (χ1) is 10.0. The van der Waals surface area contributed by atoms with Gasteiger partial charge in [-0.2, -0.15) is 0 Å². The molecule has 0 radical (unpaired) electrons. The third-order valence-corrected chi connectivity index (χ3v) is 3.85. The summed E-state index contributed by atoms with van der Waals surface area (Å²) in [4.78, 5) is 9.30. The van der Waals surface area contributed by atoms with Gasteiger partial charge in [-0.25, -0.2) is 4.98 Å². The number of rotatable bonds is 3. The number of hydrogen-bond donors (Lipinski definition) is 1. The number of aromatic nitrogens is 3. The molecule has 0 bridgehead atoms. The van der Waals surface area contributed by atoms with Gasteiger partial charge in [0.25, 0.3) is 0 Å². The highest BCUT2D eigenvalue weighted by atomic mass is 16.3. The Hall–Kier alpha value is -1.94. The molecule has 4 nitrogen and oxygen atoms in total. The first-order valence-electron chi connectivity index (χ1n) is 7.38. The zero-order valence-corrected chi connectivity index (χ0v) is 13.0. The van der Waals surface area contributed by atoms with Gasteiger partial charge in [0.05, 0.1) is 16.7 Å². The third-order valence-electron chi connectivity index (χ3n) is 3.85. The number of benzene rings is 1. The molecule has 0 spiro atoms. The third kappa shape index (κ3) is 2.20. The number of fused-ring (bicyclic) bond motifs is 3. The Morgan fingerprint density at radius 2 is 1.95 bits per heavy atom. The van der Waals surface area contributed by atoms with Crippen molar-refractivity contribution in [3.8, 4) is 0 Å². The first kappa shape index (κ1) is 14.0. The van der Waals surface area contributed by atoms with Gasteiger partial charge in [-0.05, 0) is 31.4 Å². The highest BCUT2D eigenvalue weighted by Crippen LogP contribution is 2.30. The van der Waals surface area contributed by atoms with E-state index in [2.05, 4.69) is 41.4 Å². The average Bonchev–Trinajstić information content (AvgIpc) is 2.78. The maximum Gasteiger partial charge on any atom is 0.135 e. The molecule has 0 aliphatic rings. The molecule has 1 aromatic carbocycles. The maximum atomic E-state index is 9.66. The molecule has 0 atom stereocenters. The molecule has 0 fully saturated rings. The predicted octanol–water partition coefficient (Wildman–Crippen LogP) is 3.35. The lowest BCUT2D eigenvalue weighted by Crippen LogP contribution is -2.09. The Labute approximate surface area is 124 Å². The second kappa shape index (κ2) is 5.11. The molecule has 0 aliphatic carbocycles. The first-order valence-corrected chi connectivity index (χ1v) is 7.38. The predicted molar refractivity (Wildman–Crippen MR) is 85.3 cm³/mol. The number of pyridine rings is 1. The summed E-state index contributed by atoms with van der Waals surface area (Å²) in [7, 11) is 0. The van der Waals surface area contributed by atoms with Crippen LogP contribution in [0, 0.1) is 19.8 Å². The largest absolute Gasteiger partial charge is 0.388 e. The molecular weight excluding hydrogens is 262 g/mol. The van der Waals surface area contributed by atoms with E-state index in [0.29, 0.717) is 5.92 Å². The maximum absolute atomic E-state index is 9.66. The van der Waals surface area contributed by atoms with Gasteiger partial charge in [0.2, 0.25) is 0 Å². The minimum absolute atomic E-state index is 0.0474. The lowest BCUT2D eigenvalue weighted by Gasteiger charge is -2.13. The molecule has 0 aliphatic heterocycles. The Kier molecular flexibility index (Phi) is 3.41. The van der Waals surface area contributed by atoms with Crippen molar-refractivity contribution < 1.29 is 5.11 Å². The fourth-order valence-corrected chi connectivity index (χ4v) is 2.97. The van der Waals surface area contributed by atoms with Gasteiger partial charge < -0.3 is 9.67 Å². The Balaban J connectivity index is 2.50. The van der Waals surface area contributed by atoms with Gasteiger partial charge in [-0.1, -0.05) is 26.0 Å². The van der Waals surface area contributed by atoms with Crippen molar-refractivity contribution in [1.29, 1.82) is 0 Å². The molecule has 2 heterocycles. The quantitative estimate of drug-likeness (QED) is 0.802. The molecule has 21 heavy (non-hydrogen) atoms. The summed E-state index contributed by atoms with van der Waals surface area (Å²) in [6, 6.07) is 6.18. The molecule has 1 N–H and O–H groups in total. The molecule has 3 rings (SSSR count). The van der Waals surface area contributed by atoms with Crippen LogP contribution < -0.4 is 0 Å². The summed E-state index contributed by atoms with van der Waals surface area (Å²) in [5, 5.41) is 10.8. The van der Waals surface area contributed by atoms with Crippen LogP contribution in [0.2, 0.25) is 0 Å². The minimum atomic E-state index is -0.0474. The molecular formula is C17H21N3O. The van der Waals surface area contributed by atoms with Gasteiger partial charge in [-0.3, -0.25) is 4.98 Å². The van der Waals surface area contributed by atoms with Crippen molar-refractivity contribution in [1.82, 2.24) is 14.5 Å². The molecule has 0 saturated heterocycles. The van der Waals surface area contributed by atoms with E-state index in [-0.39, 0.29) is 6.61 Å². The van der Waals surface area contributed by atoms with Gasteiger partial charge in [-0.15, -0.1) is 0 Å². The summed E-state index contributed by atoms with van der Waals surface area (Å²) in [5.74, 6) is 1.21. The lowest BCUT2D eigenvalue weighted by molar-refractivity contribution is 0.264. The standard InChI is InChI=1S/C17H21N3O/c1-10(2)8-20-14(9-21)19-16-12(4)18-13-7-5-6-11(3)15(13)17(16)20/h5-7,10,21H,8-9H2,1-4H3. The minimum Gasteiger partial charge on any atom is -0.388 e. The van der Waals surface area contributed by atoms with E-state index in [4.69, 9.17) is 0 Å². The number of hydrogen-bond acceptors (Lipinski definition) is 3. The second-order valence-corrected chi connectivity index (χ2v) is 6.05. The number of imidazole rings is 1. The zero-order valence-electron chi connectivity index (χ0n) is 13.0. The highest BCUT2D eigenvalue weighted by Gasteiger charge is 2.17. The second-order valence-electron chi connectivity index (χ2n) is 6.05. The monoisotopic (exact) mass is 283 g/mol. The SMILES string of the molecule is Cc1nc2cccc(C)c2c2c1nc(CO)n2CC(C)C. The van der Waals surface area contributed by atoms with Gasteiger partial charge in [0, 0.05) is 11.9 Å². The fourth-order valence-electron chi connectivity index (χ4n) is 2.97. The number of nitrogens with zero attached hydrogens (tertiary/aromatic N) is 3. The Bertz CT molecular complexity index is 818. The highest BCUT2D eigenvalue weighted by molar-refractivity contribution is 6.05. The van der Waals surface area contributed by atoms with Gasteiger partial charge >= 0.3 is 0 Å². The van der Waals surface area contributed by atoms with Crippen LogP contribution in [-0.2, 0) is 13.2 Å². The van der Waals surface area contributed by atoms with Crippen molar-refractivity contribution in [2.24, 2.45) is 5.92 Å². The number of aryl methyl sites for hydroxylation is 2. The van der Waals surface area contributed by atoms with Crippen LogP contribution in [0.5, 0.6) is 0 Å². The van der Waals surface area contributed by atoms with E-state index in [1.165, 1.54) is 5.56 Å². The molecule has 4 heteroatoms. The molecule has 3 aromatic rings. The summed E-state index contributed by atoms with van der Waals surface area (Å²) in [5.41, 5.74) is 5.11. The fraction of sp³-hybridized carbons (Fsp3) is 0.412. The van der Waals surface area contributed by atoms with E-state index in [1.807, 2.05) is 19.1 Å². The van der Waals surface area contributed by atoms with E-state index < -0.39 is 0 Å². The van der Waals surface area contributed by atoms with Crippen LogP contribution in [0.25, 0.3) is 21.9 Å². The van der Waals surface area contributed by atoms with Crippen molar-refractivity contribution in [2.45, 2.75) is 40.8 Å². The van der Waals surface area contributed by atoms with E-state index in [0.717, 1.165) is 40.0 Å². The van der Waals surface area contributed by atoms with E-state index in [9.17, 15) is 5.11 Å². The molecule has 110 valence electrons.